The average Bonchev–Trinajstić information content (AvgIpc) is 2.99. The minimum absolute atomic E-state index is 0.103. The van der Waals surface area contributed by atoms with Crippen molar-refractivity contribution in [2.45, 2.75) is 19.3 Å². The van der Waals surface area contributed by atoms with Crippen LogP contribution in [0.5, 0.6) is 5.75 Å². The first-order chi connectivity index (χ1) is 9.92. The zero-order chi connectivity index (χ0) is 15.5. The van der Waals surface area contributed by atoms with Crippen LogP contribution in [0.15, 0.2) is 35.7 Å². The van der Waals surface area contributed by atoms with Crippen LogP contribution in [0.2, 0.25) is 0 Å². The van der Waals surface area contributed by atoms with E-state index in [4.69, 9.17) is 10.5 Å². The van der Waals surface area contributed by atoms with Crippen molar-refractivity contribution in [3.05, 3.63) is 46.2 Å². The van der Waals surface area contributed by atoms with Crippen molar-refractivity contribution < 1.29 is 9.53 Å². The van der Waals surface area contributed by atoms with Crippen molar-refractivity contribution >= 4 is 22.9 Å². The summed E-state index contributed by atoms with van der Waals surface area (Å²) < 4.78 is 5.13. The van der Waals surface area contributed by atoms with E-state index in [1.54, 1.807) is 36.6 Å². The number of nitrogens with one attached hydrogen (secondary N) is 1. The molecule has 0 spiro atoms. The number of hydrogen-bond acceptors (Lipinski definition) is 4. The number of carbonyl (C=O) groups excluding carboxylic acids is 1. The van der Waals surface area contributed by atoms with Gasteiger partial charge in [0.2, 0.25) is 0 Å². The Bertz CT molecular complexity index is 621. The fourth-order valence-electron chi connectivity index (χ4n) is 2.03. The lowest BCUT2D eigenvalue weighted by Gasteiger charge is -2.23. The number of thiophene rings is 1. The summed E-state index contributed by atoms with van der Waals surface area (Å²) in [4.78, 5) is 13.5. The Morgan fingerprint density at radius 1 is 1.38 bits per heavy atom. The van der Waals surface area contributed by atoms with Gasteiger partial charge in [-0.3, -0.25) is 4.79 Å². The number of hydrogen-bond donors (Lipinski definition) is 2. The van der Waals surface area contributed by atoms with E-state index < -0.39 is 0 Å². The molecule has 2 aromatic rings. The first-order valence-electron chi connectivity index (χ1n) is 6.69. The van der Waals surface area contributed by atoms with Gasteiger partial charge in [-0.1, -0.05) is 19.9 Å². The first-order valence-corrected chi connectivity index (χ1v) is 7.57. The number of amides is 1. The summed E-state index contributed by atoms with van der Waals surface area (Å²) in [6.45, 7) is 4.78. The molecule has 0 bridgehead atoms. The Morgan fingerprint density at radius 2 is 2.14 bits per heavy atom. The Hall–Kier alpha value is -2.01. The summed E-state index contributed by atoms with van der Waals surface area (Å²) in [7, 11) is 1.55. The second kappa shape index (κ2) is 6.18. The number of methoxy groups -OCH3 is 1. The third-order valence-corrected chi connectivity index (χ3v) is 4.54. The van der Waals surface area contributed by atoms with Gasteiger partial charge in [-0.2, -0.15) is 0 Å². The molecule has 0 aliphatic heterocycles. The van der Waals surface area contributed by atoms with E-state index in [0.29, 0.717) is 23.5 Å². The molecule has 112 valence electrons. The Kier molecular flexibility index (Phi) is 4.53. The van der Waals surface area contributed by atoms with Crippen LogP contribution >= 0.6 is 11.3 Å². The molecule has 4 nitrogen and oxygen atoms in total. The molecule has 1 aromatic carbocycles. The van der Waals surface area contributed by atoms with Gasteiger partial charge in [0.05, 0.1) is 7.11 Å². The van der Waals surface area contributed by atoms with Gasteiger partial charge < -0.3 is 15.8 Å². The highest BCUT2D eigenvalue weighted by Gasteiger charge is 2.22. The molecule has 0 aliphatic carbocycles. The SMILES string of the molecule is COc1cc(N)cc(C(=O)NCC(C)(C)c2cccs2)c1. The molecule has 0 saturated carbocycles. The van der Waals surface area contributed by atoms with E-state index in [1.165, 1.54) is 4.88 Å². The van der Waals surface area contributed by atoms with Crippen LogP contribution in [-0.2, 0) is 5.41 Å². The summed E-state index contributed by atoms with van der Waals surface area (Å²) in [6.07, 6.45) is 0. The van der Waals surface area contributed by atoms with Crippen molar-refractivity contribution in [3.63, 3.8) is 0 Å². The number of anilines is 1. The predicted molar refractivity (Wildman–Crippen MR) is 87.1 cm³/mol. The van der Waals surface area contributed by atoms with Crippen LogP contribution in [0.4, 0.5) is 5.69 Å². The van der Waals surface area contributed by atoms with Crippen molar-refractivity contribution in [3.8, 4) is 5.75 Å². The average molecular weight is 304 g/mol. The predicted octanol–water partition coefficient (Wildman–Crippen LogP) is 3.05. The van der Waals surface area contributed by atoms with E-state index in [1.807, 2.05) is 11.4 Å². The largest absolute Gasteiger partial charge is 0.497 e. The van der Waals surface area contributed by atoms with Crippen LogP contribution < -0.4 is 15.8 Å². The lowest BCUT2D eigenvalue weighted by Crippen LogP contribution is -2.36. The van der Waals surface area contributed by atoms with E-state index in [-0.39, 0.29) is 11.3 Å². The maximum Gasteiger partial charge on any atom is 0.251 e. The van der Waals surface area contributed by atoms with E-state index in [2.05, 4.69) is 25.2 Å². The van der Waals surface area contributed by atoms with Gasteiger partial charge in [0.1, 0.15) is 5.75 Å². The number of nitrogens with two attached hydrogens (primary N) is 1. The molecule has 1 amide bonds. The fraction of sp³-hybridized carbons (Fsp3) is 0.312. The Labute approximate surface area is 128 Å². The lowest BCUT2D eigenvalue weighted by molar-refractivity contribution is 0.0945. The molecular formula is C16H20N2O2S. The monoisotopic (exact) mass is 304 g/mol. The van der Waals surface area contributed by atoms with E-state index in [9.17, 15) is 4.79 Å². The summed E-state index contributed by atoms with van der Waals surface area (Å²) >= 11 is 1.69. The molecule has 3 N–H and O–H groups in total. The topological polar surface area (TPSA) is 64.3 Å². The van der Waals surface area contributed by atoms with Crippen molar-refractivity contribution in [1.29, 1.82) is 0 Å². The number of rotatable bonds is 5. The third kappa shape index (κ3) is 3.76. The maximum absolute atomic E-state index is 12.3. The van der Waals surface area contributed by atoms with Gasteiger partial charge in [-0.05, 0) is 23.6 Å². The number of nitrogen functional groups attached to an aromatic ring is 1. The van der Waals surface area contributed by atoms with Crippen molar-refractivity contribution in [2.24, 2.45) is 0 Å². The first kappa shape index (κ1) is 15.4. The summed E-state index contributed by atoms with van der Waals surface area (Å²) in [5, 5.41) is 5.01. The quantitative estimate of drug-likeness (QED) is 0.835. The second-order valence-corrected chi connectivity index (χ2v) is 6.49. The zero-order valence-corrected chi connectivity index (χ0v) is 13.3. The van der Waals surface area contributed by atoms with Gasteiger partial charge in [0.25, 0.3) is 5.91 Å². The maximum atomic E-state index is 12.3. The molecule has 21 heavy (non-hydrogen) atoms. The van der Waals surface area contributed by atoms with Crippen LogP contribution in [0.1, 0.15) is 29.1 Å². The number of ether oxygens (including phenoxy) is 1. The second-order valence-electron chi connectivity index (χ2n) is 5.54. The lowest BCUT2D eigenvalue weighted by atomic mass is 9.91. The van der Waals surface area contributed by atoms with Crippen LogP contribution in [-0.4, -0.2) is 19.6 Å². The minimum atomic E-state index is -0.148. The molecule has 5 heteroatoms. The van der Waals surface area contributed by atoms with Crippen LogP contribution in [0.3, 0.4) is 0 Å². The van der Waals surface area contributed by atoms with Gasteiger partial charge in [0.15, 0.2) is 0 Å². The number of benzene rings is 1. The molecular weight excluding hydrogens is 284 g/mol. The molecule has 0 fully saturated rings. The van der Waals surface area contributed by atoms with E-state index in [0.717, 1.165) is 0 Å². The molecule has 0 unspecified atom stereocenters. The highest BCUT2D eigenvalue weighted by molar-refractivity contribution is 7.10. The fourth-order valence-corrected chi connectivity index (χ4v) is 2.88. The van der Waals surface area contributed by atoms with Crippen LogP contribution in [0, 0.1) is 0 Å². The smallest absolute Gasteiger partial charge is 0.251 e. The minimum Gasteiger partial charge on any atom is -0.497 e. The van der Waals surface area contributed by atoms with Gasteiger partial charge in [-0.25, -0.2) is 0 Å². The highest BCUT2D eigenvalue weighted by atomic mass is 32.1. The third-order valence-electron chi connectivity index (χ3n) is 3.31. The van der Waals surface area contributed by atoms with Gasteiger partial charge in [-0.15, -0.1) is 11.3 Å². The van der Waals surface area contributed by atoms with Gasteiger partial charge >= 0.3 is 0 Å². The Balaban J connectivity index is 2.07. The van der Waals surface area contributed by atoms with E-state index >= 15 is 0 Å². The molecule has 0 aliphatic rings. The molecule has 2 rings (SSSR count). The molecule has 0 saturated heterocycles. The van der Waals surface area contributed by atoms with Gasteiger partial charge in [0, 0.05) is 34.2 Å². The summed E-state index contributed by atoms with van der Waals surface area (Å²) in [6, 6.07) is 9.12. The highest BCUT2D eigenvalue weighted by Crippen LogP contribution is 2.27. The van der Waals surface area contributed by atoms with Crippen LogP contribution in [0.25, 0.3) is 0 Å². The number of carbonyl (C=O) groups is 1. The Morgan fingerprint density at radius 3 is 2.76 bits per heavy atom. The van der Waals surface area contributed by atoms with Crippen molar-refractivity contribution in [1.82, 2.24) is 5.32 Å². The molecule has 0 atom stereocenters. The normalized spacial score (nSPS) is 11.2. The standard InChI is InChI=1S/C16H20N2O2S/c1-16(2,14-5-4-6-21-14)10-18-15(19)11-7-12(17)9-13(8-11)20-3/h4-9H,10,17H2,1-3H3,(H,18,19). The molecule has 0 radical (unpaired) electrons. The summed E-state index contributed by atoms with van der Waals surface area (Å²) in [5.74, 6) is 0.433. The molecule has 1 aromatic heterocycles. The molecule has 1 heterocycles. The summed E-state index contributed by atoms with van der Waals surface area (Å²) in [5.41, 5.74) is 6.69. The van der Waals surface area contributed by atoms with Crippen molar-refractivity contribution in [2.75, 3.05) is 19.4 Å². The zero-order valence-electron chi connectivity index (χ0n) is 12.5.